The highest BCUT2D eigenvalue weighted by atomic mass is 32.2. The molecule has 12 heteroatoms. The van der Waals surface area contributed by atoms with Crippen LogP contribution < -0.4 is 15.1 Å². The number of nitrogens with zero attached hydrogens (tertiary/aromatic N) is 2. The van der Waals surface area contributed by atoms with Gasteiger partial charge in [-0.25, -0.2) is 13.9 Å². The van der Waals surface area contributed by atoms with Gasteiger partial charge in [-0.15, -0.1) is 37.9 Å². The number of hydrogen-bond acceptors (Lipinski definition) is 9. The molecule has 0 bridgehead atoms. The second kappa shape index (κ2) is 13.2. The molecule has 0 unspecified atom stereocenters. The number of carbonyl (C=O) groups is 1. The smallest absolute Gasteiger partial charge is 0.259 e. The lowest BCUT2D eigenvalue weighted by Crippen LogP contribution is -2.50. The van der Waals surface area contributed by atoms with Crippen LogP contribution in [0.3, 0.4) is 0 Å². The number of hydroxylamine groups is 1. The summed E-state index contributed by atoms with van der Waals surface area (Å²) in [6, 6.07) is 0. The van der Waals surface area contributed by atoms with Gasteiger partial charge in [0.15, 0.2) is 0 Å². The maximum absolute atomic E-state index is 12.3. The molecule has 0 aromatic heterocycles. The van der Waals surface area contributed by atoms with E-state index in [1.54, 1.807) is 0 Å². The zero-order chi connectivity index (χ0) is 24.6. The molecule has 2 N–H and O–H groups in total. The number of benzene rings is 1. The molecule has 1 aromatic rings. The Morgan fingerprint density at radius 1 is 1.09 bits per heavy atom. The maximum Gasteiger partial charge on any atom is 0.259 e. The number of hydrogen-bond donors (Lipinski definition) is 5. The molecule has 1 amide bonds. The average molecular weight is 526 g/mol. The van der Waals surface area contributed by atoms with Crippen molar-refractivity contribution in [3.8, 4) is 5.75 Å². The summed E-state index contributed by atoms with van der Waals surface area (Å²) in [5.74, 6) is -0.568. The molecule has 1 aliphatic rings. The molecule has 0 saturated carbocycles. The normalized spacial score (nSPS) is 14.8. The number of nitrogens with one attached hydrogen (secondary N) is 1. The average Bonchev–Trinajstić information content (AvgIpc) is 2.76. The molecular formula is C20H35N3O5S4. The van der Waals surface area contributed by atoms with E-state index in [4.69, 9.17) is 22.6 Å². The van der Waals surface area contributed by atoms with Crippen LogP contribution in [0.5, 0.6) is 5.75 Å². The van der Waals surface area contributed by atoms with Gasteiger partial charge in [0.05, 0.1) is 17.2 Å². The molecule has 1 fully saturated rings. The monoisotopic (exact) mass is 525 g/mol. The van der Waals surface area contributed by atoms with Crippen LogP contribution in [0.4, 0.5) is 5.69 Å². The number of carbonyl (C=O) groups excluding carboxylic acids is 1. The molecule has 0 aliphatic carbocycles. The van der Waals surface area contributed by atoms with E-state index in [0.717, 1.165) is 17.7 Å². The number of ether oxygens (including phenoxy) is 1. The molecule has 0 spiro atoms. The van der Waals surface area contributed by atoms with Crippen molar-refractivity contribution >= 4 is 59.5 Å². The van der Waals surface area contributed by atoms with Crippen molar-refractivity contribution in [2.75, 3.05) is 43.4 Å². The van der Waals surface area contributed by atoms with Crippen LogP contribution in [0.1, 0.15) is 39.7 Å². The topological polar surface area (TPSA) is 99.2 Å². The minimum Gasteiger partial charge on any atom is -0.492 e. The first-order valence-corrected chi connectivity index (χ1v) is 13.5. The zero-order valence-electron chi connectivity index (χ0n) is 19.3. The highest BCUT2D eigenvalue weighted by Crippen LogP contribution is 2.45. The largest absolute Gasteiger partial charge is 0.492 e. The van der Waals surface area contributed by atoms with Gasteiger partial charge in [-0.05, 0) is 19.3 Å². The third-order valence-corrected chi connectivity index (χ3v) is 8.28. The summed E-state index contributed by atoms with van der Waals surface area (Å²) >= 11 is 14.0. The van der Waals surface area contributed by atoms with Gasteiger partial charge in [-0.2, -0.15) is 4.31 Å². The van der Waals surface area contributed by atoms with Gasteiger partial charge >= 0.3 is 0 Å². The van der Waals surface area contributed by atoms with E-state index in [0.29, 0.717) is 46.1 Å². The third-order valence-electron chi connectivity index (χ3n) is 4.91. The fourth-order valence-electron chi connectivity index (χ4n) is 3.15. The number of rotatable bonds is 8. The molecule has 2 rings (SSSR count). The molecule has 184 valence electrons. The van der Waals surface area contributed by atoms with E-state index in [9.17, 15) is 13.2 Å². The van der Waals surface area contributed by atoms with Crippen LogP contribution in [-0.4, -0.2) is 62.4 Å². The number of piperazine rings is 1. The highest BCUT2D eigenvalue weighted by molar-refractivity contribution is 7.89. The highest BCUT2D eigenvalue weighted by Gasteiger charge is 2.31. The lowest BCUT2D eigenvalue weighted by atomic mass is 10.1. The van der Waals surface area contributed by atoms with Crippen molar-refractivity contribution in [2.24, 2.45) is 5.92 Å². The first kappa shape index (κ1) is 29.2. The predicted molar refractivity (Wildman–Crippen MR) is 137 cm³/mol. The Balaban J connectivity index is 0.00000249. The van der Waals surface area contributed by atoms with Crippen LogP contribution in [-0.2, 0) is 14.8 Å². The third kappa shape index (κ3) is 7.36. The Labute approximate surface area is 208 Å². The molecule has 1 heterocycles. The molecule has 1 aromatic carbocycles. The van der Waals surface area contributed by atoms with Gasteiger partial charge in [0.25, 0.3) is 5.91 Å². The summed E-state index contributed by atoms with van der Waals surface area (Å²) in [7, 11) is -3.80. The second-order valence-electron chi connectivity index (χ2n) is 7.56. The van der Waals surface area contributed by atoms with Gasteiger partial charge in [0, 0.05) is 41.5 Å². The predicted octanol–water partition coefficient (Wildman–Crippen LogP) is 3.27. The summed E-state index contributed by atoms with van der Waals surface area (Å²) in [5, 5.41) is 8.58. The first-order chi connectivity index (χ1) is 15.0. The van der Waals surface area contributed by atoms with Crippen LogP contribution in [0.15, 0.2) is 14.7 Å². The van der Waals surface area contributed by atoms with Gasteiger partial charge in [-0.3, -0.25) is 10.0 Å². The summed E-state index contributed by atoms with van der Waals surface area (Å²) < 4.78 is 31.8. The number of sulfonamides is 1. The number of anilines is 1. The summed E-state index contributed by atoms with van der Waals surface area (Å²) in [5.41, 5.74) is 2.99. The Kier molecular flexibility index (Phi) is 12.1. The minimum absolute atomic E-state index is 0.203. The lowest BCUT2D eigenvalue weighted by molar-refractivity contribution is -0.126. The van der Waals surface area contributed by atoms with Crippen molar-refractivity contribution in [3.05, 3.63) is 5.56 Å². The van der Waals surface area contributed by atoms with Crippen molar-refractivity contribution in [3.63, 3.8) is 0 Å². The van der Waals surface area contributed by atoms with Crippen LogP contribution in [0, 0.1) is 12.8 Å². The molecule has 0 atom stereocenters. The summed E-state index contributed by atoms with van der Waals surface area (Å²) in [6.07, 6.45) is 0.920. The molecule has 8 nitrogen and oxygen atoms in total. The fourth-order valence-corrected chi connectivity index (χ4v) is 5.58. The Morgan fingerprint density at radius 3 is 2.16 bits per heavy atom. The molecule has 1 aliphatic heterocycles. The first-order valence-electron chi connectivity index (χ1n) is 10.6. The van der Waals surface area contributed by atoms with E-state index in [2.05, 4.69) is 39.1 Å². The Bertz CT molecular complexity index is 857. The quantitative estimate of drug-likeness (QED) is 0.203. The van der Waals surface area contributed by atoms with Crippen LogP contribution >= 0.6 is 37.9 Å². The lowest BCUT2D eigenvalue weighted by Gasteiger charge is -2.37. The molecule has 32 heavy (non-hydrogen) atoms. The van der Waals surface area contributed by atoms with E-state index in [-0.39, 0.29) is 13.1 Å². The van der Waals surface area contributed by atoms with E-state index < -0.39 is 21.7 Å². The maximum atomic E-state index is 12.3. The number of thiol groups is 3. The fraction of sp³-hybridized carbons (Fsp3) is 0.650. The SMILES string of the molecule is CC.Cc1c(S)c(N2CCN(S(=O)(=O)CC(=O)NO)CC2)c(S)c(S)c1OCCC(C)C. The van der Waals surface area contributed by atoms with Gasteiger partial charge < -0.3 is 9.64 Å². The Morgan fingerprint density at radius 2 is 1.66 bits per heavy atom. The van der Waals surface area contributed by atoms with Crippen molar-refractivity contribution in [2.45, 2.75) is 55.7 Å². The standard InChI is InChI=1S/C18H29N3O5S4.C2H6/c1-11(2)4-9-26-15-12(3)16(27)14(17(28)18(15)29)20-5-7-21(8-6-20)30(24,25)10-13(22)19-23;1-2/h11,23,27-29H,4-10H2,1-3H3,(H,19,22);1-2H3. The second-order valence-corrected chi connectivity index (χ2v) is 10.9. The van der Waals surface area contributed by atoms with Crippen molar-refractivity contribution < 1.29 is 23.2 Å². The zero-order valence-corrected chi connectivity index (χ0v) is 22.8. The Hall–Kier alpha value is -0.790. The van der Waals surface area contributed by atoms with E-state index in [1.165, 1.54) is 9.79 Å². The van der Waals surface area contributed by atoms with Crippen LogP contribution in [0.2, 0.25) is 0 Å². The van der Waals surface area contributed by atoms with Crippen molar-refractivity contribution in [1.82, 2.24) is 9.79 Å². The van der Waals surface area contributed by atoms with E-state index in [1.807, 2.05) is 25.7 Å². The summed E-state index contributed by atoms with van der Waals surface area (Å²) in [6.45, 7) is 12.0. The number of amides is 1. The van der Waals surface area contributed by atoms with E-state index >= 15 is 0 Å². The van der Waals surface area contributed by atoms with Crippen molar-refractivity contribution in [1.29, 1.82) is 0 Å². The minimum atomic E-state index is -3.80. The van der Waals surface area contributed by atoms with Gasteiger partial charge in [0.1, 0.15) is 11.5 Å². The van der Waals surface area contributed by atoms with Crippen LogP contribution in [0.25, 0.3) is 0 Å². The molecule has 1 saturated heterocycles. The summed E-state index contributed by atoms with van der Waals surface area (Å²) in [4.78, 5) is 15.2. The van der Waals surface area contributed by atoms with Gasteiger partial charge in [-0.1, -0.05) is 27.7 Å². The molecular weight excluding hydrogens is 491 g/mol. The molecule has 0 radical (unpaired) electrons. The van der Waals surface area contributed by atoms with Gasteiger partial charge in [0.2, 0.25) is 10.0 Å².